The molecule has 1 heterocycles. The third kappa shape index (κ3) is 3.48. The van der Waals surface area contributed by atoms with Gasteiger partial charge in [0.15, 0.2) is 0 Å². The SMILES string of the molecule is Cc1cnccc1NC(=O)NCC1(C)CCCCC1O. The summed E-state index contributed by atoms with van der Waals surface area (Å²) in [6.45, 7) is 4.42. The van der Waals surface area contributed by atoms with Crippen LogP contribution in [-0.4, -0.2) is 28.8 Å². The zero-order chi connectivity index (χ0) is 14.6. The molecule has 2 atom stereocenters. The van der Waals surface area contributed by atoms with Gasteiger partial charge in [-0.2, -0.15) is 0 Å². The Hall–Kier alpha value is -1.62. The van der Waals surface area contributed by atoms with Gasteiger partial charge < -0.3 is 15.7 Å². The number of aromatic nitrogens is 1. The van der Waals surface area contributed by atoms with Gasteiger partial charge in [-0.3, -0.25) is 4.98 Å². The zero-order valence-corrected chi connectivity index (χ0v) is 12.1. The van der Waals surface area contributed by atoms with E-state index in [0.717, 1.165) is 36.9 Å². The highest BCUT2D eigenvalue weighted by Crippen LogP contribution is 2.35. The molecular weight excluding hydrogens is 254 g/mol. The Labute approximate surface area is 119 Å². The van der Waals surface area contributed by atoms with Gasteiger partial charge in [-0.1, -0.05) is 19.8 Å². The lowest BCUT2D eigenvalue weighted by molar-refractivity contribution is 0.00333. The highest BCUT2D eigenvalue weighted by Gasteiger charge is 2.35. The summed E-state index contributed by atoms with van der Waals surface area (Å²) in [4.78, 5) is 15.9. The first-order valence-electron chi connectivity index (χ1n) is 7.15. The number of anilines is 1. The normalized spacial score (nSPS) is 26.1. The van der Waals surface area contributed by atoms with Crippen LogP contribution in [0, 0.1) is 12.3 Å². The van der Waals surface area contributed by atoms with E-state index in [1.165, 1.54) is 0 Å². The van der Waals surface area contributed by atoms with Crippen molar-refractivity contribution in [1.82, 2.24) is 10.3 Å². The maximum Gasteiger partial charge on any atom is 0.319 e. The molecule has 2 rings (SSSR count). The molecule has 1 aliphatic carbocycles. The number of rotatable bonds is 3. The number of aryl methyl sites for hydroxylation is 1. The second-order valence-electron chi connectivity index (χ2n) is 5.91. The monoisotopic (exact) mass is 277 g/mol. The summed E-state index contributed by atoms with van der Waals surface area (Å²) in [5.74, 6) is 0. The van der Waals surface area contributed by atoms with E-state index in [4.69, 9.17) is 0 Å². The van der Waals surface area contributed by atoms with Gasteiger partial charge in [-0.25, -0.2) is 4.79 Å². The molecule has 1 aromatic heterocycles. The van der Waals surface area contributed by atoms with Crippen LogP contribution >= 0.6 is 0 Å². The first-order chi connectivity index (χ1) is 9.51. The van der Waals surface area contributed by atoms with E-state index in [0.29, 0.717) is 6.54 Å². The summed E-state index contributed by atoms with van der Waals surface area (Å²) in [6, 6.07) is 1.53. The molecule has 1 fully saturated rings. The number of urea groups is 1. The Morgan fingerprint density at radius 2 is 2.35 bits per heavy atom. The Balaban J connectivity index is 1.88. The van der Waals surface area contributed by atoms with Crippen LogP contribution in [0.3, 0.4) is 0 Å². The average molecular weight is 277 g/mol. The molecule has 0 aromatic carbocycles. The molecule has 0 radical (unpaired) electrons. The molecule has 3 N–H and O–H groups in total. The number of aliphatic hydroxyl groups is 1. The van der Waals surface area contributed by atoms with Crippen molar-refractivity contribution in [2.24, 2.45) is 5.41 Å². The predicted octanol–water partition coefficient (Wildman–Crippen LogP) is 2.45. The van der Waals surface area contributed by atoms with Crippen molar-refractivity contribution >= 4 is 11.7 Å². The molecule has 2 unspecified atom stereocenters. The number of hydrogen-bond acceptors (Lipinski definition) is 3. The average Bonchev–Trinajstić information content (AvgIpc) is 2.43. The predicted molar refractivity (Wildman–Crippen MR) is 78.6 cm³/mol. The Bertz CT molecular complexity index is 478. The number of carbonyl (C=O) groups is 1. The first kappa shape index (κ1) is 14.8. The molecule has 5 heteroatoms. The van der Waals surface area contributed by atoms with E-state index in [9.17, 15) is 9.90 Å². The lowest BCUT2D eigenvalue weighted by atomic mass is 9.73. The minimum atomic E-state index is -0.334. The minimum Gasteiger partial charge on any atom is -0.392 e. The van der Waals surface area contributed by atoms with E-state index in [1.54, 1.807) is 18.5 Å². The topological polar surface area (TPSA) is 74.2 Å². The van der Waals surface area contributed by atoms with E-state index in [2.05, 4.69) is 15.6 Å². The van der Waals surface area contributed by atoms with Crippen LogP contribution < -0.4 is 10.6 Å². The van der Waals surface area contributed by atoms with Crippen molar-refractivity contribution in [3.63, 3.8) is 0 Å². The highest BCUT2D eigenvalue weighted by molar-refractivity contribution is 5.89. The number of nitrogens with one attached hydrogen (secondary N) is 2. The standard InChI is InChI=1S/C15H23N3O2/c1-11-9-16-8-6-12(11)18-14(20)17-10-15(2)7-4-3-5-13(15)19/h6,8-9,13,19H,3-5,7,10H2,1-2H3,(H2,16,17,18,20). The number of pyridine rings is 1. The lowest BCUT2D eigenvalue weighted by Gasteiger charge is -2.38. The van der Waals surface area contributed by atoms with Crippen LogP contribution in [0.25, 0.3) is 0 Å². The third-order valence-electron chi connectivity index (χ3n) is 4.20. The van der Waals surface area contributed by atoms with Gasteiger partial charge in [-0.15, -0.1) is 0 Å². The van der Waals surface area contributed by atoms with Gasteiger partial charge in [0, 0.05) is 30.0 Å². The van der Waals surface area contributed by atoms with E-state index >= 15 is 0 Å². The minimum absolute atomic E-state index is 0.219. The molecule has 0 bridgehead atoms. The van der Waals surface area contributed by atoms with Crippen LogP contribution in [0.1, 0.15) is 38.2 Å². The van der Waals surface area contributed by atoms with Crippen molar-refractivity contribution in [2.75, 3.05) is 11.9 Å². The molecule has 5 nitrogen and oxygen atoms in total. The number of aliphatic hydroxyl groups excluding tert-OH is 1. The fourth-order valence-corrected chi connectivity index (χ4v) is 2.65. The summed E-state index contributed by atoms with van der Waals surface area (Å²) < 4.78 is 0. The van der Waals surface area contributed by atoms with Crippen molar-refractivity contribution in [3.8, 4) is 0 Å². The Kier molecular flexibility index (Phi) is 4.60. The molecule has 0 saturated heterocycles. The quantitative estimate of drug-likeness (QED) is 0.794. The number of nitrogens with zero attached hydrogens (tertiary/aromatic N) is 1. The number of amides is 2. The highest BCUT2D eigenvalue weighted by atomic mass is 16.3. The second kappa shape index (κ2) is 6.22. The summed E-state index contributed by atoms with van der Waals surface area (Å²) in [5, 5.41) is 15.8. The van der Waals surface area contributed by atoms with Crippen molar-refractivity contribution in [3.05, 3.63) is 24.0 Å². The van der Waals surface area contributed by atoms with Crippen LogP contribution in [0.2, 0.25) is 0 Å². The van der Waals surface area contributed by atoms with Crippen LogP contribution in [0.5, 0.6) is 0 Å². The van der Waals surface area contributed by atoms with Gasteiger partial charge in [-0.05, 0) is 31.4 Å². The van der Waals surface area contributed by atoms with Crippen molar-refractivity contribution < 1.29 is 9.90 Å². The molecule has 20 heavy (non-hydrogen) atoms. The maximum absolute atomic E-state index is 11.9. The van der Waals surface area contributed by atoms with Crippen LogP contribution in [-0.2, 0) is 0 Å². The third-order valence-corrected chi connectivity index (χ3v) is 4.20. The van der Waals surface area contributed by atoms with Gasteiger partial charge in [0.05, 0.1) is 6.10 Å². The van der Waals surface area contributed by atoms with Gasteiger partial charge in [0.25, 0.3) is 0 Å². The Morgan fingerprint density at radius 1 is 1.55 bits per heavy atom. The van der Waals surface area contributed by atoms with Gasteiger partial charge in [0.2, 0.25) is 0 Å². The Morgan fingerprint density at radius 3 is 3.05 bits per heavy atom. The second-order valence-corrected chi connectivity index (χ2v) is 5.91. The van der Waals surface area contributed by atoms with Crippen LogP contribution in [0.15, 0.2) is 18.5 Å². The molecule has 0 spiro atoms. The molecule has 1 aliphatic rings. The largest absolute Gasteiger partial charge is 0.392 e. The fourth-order valence-electron chi connectivity index (χ4n) is 2.65. The first-order valence-corrected chi connectivity index (χ1v) is 7.15. The van der Waals surface area contributed by atoms with Gasteiger partial charge in [0.1, 0.15) is 0 Å². The molecule has 1 aromatic rings. The summed E-state index contributed by atoms with van der Waals surface area (Å²) in [5.41, 5.74) is 1.46. The zero-order valence-electron chi connectivity index (χ0n) is 12.1. The molecule has 1 saturated carbocycles. The van der Waals surface area contributed by atoms with Crippen molar-refractivity contribution in [2.45, 2.75) is 45.6 Å². The molecule has 110 valence electrons. The van der Waals surface area contributed by atoms with Crippen molar-refractivity contribution in [1.29, 1.82) is 0 Å². The summed E-state index contributed by atoms with van der Waals surface area (Å²) in [6.07, 6.45) is 6.97. The van der Waals surface area contributed by atoms with E-state index in [-0.39, 0.29) is 17.6 Å². The number of carbonyl (C=O) groups excluding carboxylic acids is 1. The molecule has 2 amide bonds. The molecular formula is C15H23N3O2. The molecule has 0 aliphatic heterocycles. The number of hydrogen-bond donors (Lipinski definition) is 3. The van der Waals surface area contributed by atoms with E-state index in [1.807, 2.05) is 13.8 Å². The van der Waals surface area contributed by atoms with E-state index < -0.39 is 0 Å². The summed E-state index contributed by atoms with van der Waals surface area (Å²) >= 11 is 0. The fraction of sp³-hybridized carbons (Fsp3) is 0.600. The smallest absolute Gasteiger partial charge is 0.319 e. The summed E-state index contributed by atoms with van der Waals surface area (Å²) in [7, 11) is 0. The van der Waals surface area contributed by atoms with Crippen LogP contribution in [0.4, 0.5) is 10.5 Å². The van der Waals surface area contributed by atoms with Gasteiger partial charge >= 0.3 is 6.03 Å². The lowest BCUT2D eigenvalue weighted by Crippen LogP contribution is -2.46. The maximum atomic E-state index is 11.9.